The van der Waals surface area contributed by atoms with Gasteiger partial charge in [0, 0.05) is 31.9 Å². The maximum atomic E-state index is 4.67. The Morgan fingerprint density at radius 2 is 2.07 bits per heavy atom. The maximum absolute atomic E-state index is 4.67. The van der Waals surface area contributed by atoms with Gasteiger partial charge in [-0.15, -0.1) is 0 Å². The van der Waals surface area contributed by atoms with E-state index in [9.17, 15) is 0 Å². The van der Waals surface area contributed by atoms with Gasteiger partial charge in [-0.2, -0.15) is 0 Å². The van der Waals surface area contributed by atoms with Crippen molar-refractivity contribution < 1.29 is 0 Å². The summed E-state index contributed by atoms with van der Waals surface area (Å²) in [5.74, 6) is 1.05. The van der Waals surface area contributed by atoms with Crippen LogP contribution >= 0.6 is 0 Å². The van der Waals surface area contributed by atoms with Gasteiger partial charge in [0.15, 0.2) is 0 Å². The number of piperazine rings is 1. The van der Waals surface area contributed by atoms with Gasteiger partial charge < -0.3 is 15.2 Å². The average molecular weight is 208 g/mol. The quantitative estimate of drug-likeness (QED) is 0.781. The Morgan fingerprint density at radius 3 is 2.73 bits per heavy atom. The zero-order valence-electron chi connectivity index (χ0n) is 9.64. The number of hydrogen-bond donors (Lipinski definition) is 2. The molecular formula is C11H20N4. The number of nitrogens with zero attached hydrogens (tertiary/aromatic N) is 2. The number of H-pyrrole nitrogens is 1. The Labute approximate surface area is 91.1 Å². The van der Waals surface area contributed by atoms with Crippen LogP contribution in [0.4, 0.5) is 5.95 Å². The molecule has 1 fully saturated rings. The van der Waals surface area contributed by atoms with Crippen LogP contribution in [0.3, 0.4) is 0 Å². The first kappa shape index (κ1) is 10.5. The van der Waals surface area contributed by atoms with Gasteiger partial charge in [0.05, 0.1) is 5.69 Å². The van der Waals surface area contributed by atoms with Gasteiger partial charge in [-0.1, -0.05) is 13.3 Å². The van der Waals surface area contributed by atoms with Crippen molar-refractivity contribution in [2.75, 3.05) is 31.1 Å². The Morgan fingerprint density at radius 1 is 1.33 bits per heavy atom. The number of hydrogen-bond acceptors (Lipinski definition) is 3. The Balaban J connectivity index is 2.10. The molecule has 0 radical (unpaired) electrons. The Bertz CT molecular complexity index is 312. The summed E-state index contributed by atoms with van der Waals surface area (Å²) < 4.78 is 0. The van der Waals surface area contributed by atoms with Gasteiger partial charge >= 0.3 is 0 Å². The topological polar surface area (TPSA) is 44.0 Å². The molecule has 1 saturated heterocycles. The van der Waals surface area contributed by atoms with Crippen molar-refractivity contribution in [3.8, 4) is 0 Å². The molecular weight excluding hydrogens is 188 g/mol. The van der Waals surface area contributed by atoms with Gasteiger partial charge in [-0.25, -0.2) is 4.98 Å². The lowest BCUT2D eigenvalue weighted by molar-refractivity contribution is 0.581. The minimum atomic E-state index is 1.05. The first-order valence-corrected chi connectivity index (χ1v) is 5.82. The molecule has 0 saturated carbocycles. The third-order valence-electron chi connectivity index (χ3n) is 2.88. The fraction of sp³-hybridized carbons (Fsp3) is 0.727. The minimum Gasteiger partial charge on any atom is -0.340 e. The number of anilines is 1. The largest absolute Gasteiger partial charge is 0.340 e. The lowest BCUT2D eigenvalue weighted by Crippen LogP contribution is -2.44. The molecule has 84 valence electrons. The van der Waals surface area contributed by atoms with Crippen molar-refractivity contribution in [3.63, 3.8) is 0 Å². The molecule has 0 spiro atoms. The predicted molar refractivity (Wildman–Crippen MR) is 62.4 cm³/mol. The van der Waals surface area contributed by atoms with E-state index < -0.39 is 0 Å². The molecule has 1 aliphatic heterocycles. The number of aryl methyl sites for hydroxylation is 2. The van der Waals surface area contributed by atoms with Crippen LogP contribution in [0.15, 0.2) is 0 Å². The average Bonchev–Trinajstić information content (AvgIpc) is 2.63. The number of rotatable bonds is 3. The van der Waals surface area contributed by atoms with Crippen LogP contribution in [0.1, 0.15) is 24.7 Å². The molecule has 4 nitrogen and oxygen atoms in total. The summed E-state index contributed by atoms with van der Waals surface area (Å²) >= 11 is 0. The van der Waals surface area contributed by atoms with Crippen LogP contribution in [0, 0.1) is 6.92 Å². The summed E-state index contributed by atoms with van der Waals surface area (Å²) in [6.45, 7) is 8.53. The maximum Gasteiger partial charge on any atom is 0.203 e. The van der Waals surface area contributed by atoms with Gasteiger partial charge in [0.25, 0.3) is 0 Å². The highest BCUT2D eigenvalue weighted by atomic mass is 15.3. The third-order valence-corrected chi connectivity index (χ3v) is 2.88. The lowest BCUT2D eigenvalue weighted by Gasteiger charge is -2.26. The van der Waals surface area contributed by atoms with Crippen molar-refractivity contribution in [2.24, 2.45) is 0 Å². The van der Waals surface area contributed by atoms with E-state index in [2.05, 4.69) is 34.0 Å². The summed E-state index contributed by atoms with van der Waals surface area (Å²) in [4.78, 5) is 10.4. The van der Waals surface area contributed by atoms with Crippen molar-refractivity contribution in [1.82, 2.24) is 15.3 Å². The van der Waals surface area contributed by atoms with Crippen LogP contribution in [0.5, 0.6) is 0 Å². The molecule has 2 N–H and O–H groups in total. The van der Waals surface area contributed by atoms with E-state index in [-0.39, 0.29) is 0 Å². The highest BCUT2D eigenvalue weighted by Crippen LogP contribution is 2.15. The van der Waals surface area contributed by atoms with Crippen LogP contribution in [-0.4, -0.2) is 36.1 Å². The molecule has 0 bridgehead atoms. The monoisotopic (exact) mass is 208 g/mol. The molecule has 0 unspecified atom stereocenters. The molecule has 0 aromatic carbocycles. The normalized spacial score (nSPS) is 17.1. The van der Waals surface area contributed by atoms with E-state index in [4.69, 9.17) is 0 Å². The van der Waals surface area contributed by atoms with Crippen LogP contribution in [-0.2, 0) is 6.42 Å². The highest BCUT2D eigenvalue weighted by molar-refractivity contribution is 5.35. The van der Waals surface area contributed by atoms with Gasteiger partial charge in [-0.05, 0) is 13.3 Å². The molecule has 1 aliphatic rings. The third kappa shape index (κ3) is 2.31. The minimum absolute atomic E-state index is 1.05. The lowest BCUT2D eigenvalue weighted by atomic mass is 10.2. The molecule has 0 atom stereocenters. The fourth-order valence-corrected chi connectivity index (χ4v) is 1.99. The summed E-state index contributed by atoms with van der Waals surface area (Å²) in [5.41, 5.74) is 2.46. The van der Waals surface area contributed by atoms with Gasteiger partial charge in [0.2, 0.25) is 5.95 Å². The van der Waals surface area contributed by atoms with Crippen LogP contribution in [0.25, 0.3) is 0 Å². The zero-order chi connectivity index (χ0) is 10.7. The van der Waals surface area contributed by atoms with Crippen molar-refractivity contribution in [1.29, 1.82) is 0 Å². The molecule has 2 rings (SSSR count). The van der Waals surface area contributed by atoms with Crippen molar-refractivity contribution in [3.05, 3.63) is 11.4 Å². The Hall–Kier alpha value is -1.03. The molecule has 2 heterocycles. The summed E-state index contributed by atoms with van der Waals surface area (Å²) in [7, 11) is 0. The number of aromatic nitrogens is 2. The van der Waals surface area contributed by atoms with Gasteiger partial charge in [-0.3, -0.25) is 0 Å². The smallest absolute Gasteiger partial charge is 0.203 e. The standard InChI is InChI=1S/C11H20N4/c1-3-4-10-9(2)13-11(14-10)15-7-5-12-6-8-15/h12H,3-8H2,1-2H3,(H,13,14). The molecule has 4 heteroatoms. The summed E-state index contributed by atoms with van der Waals surface area (Å²) in [6.07, 6.45) is 2.24. The van der Waals surface area contributed by atoms with E-state index in [1.54, 1.807) is 0 Å². The zero-order valence-corrected chi connectivity index (χ0v) is 9.64. The van der Waals surface area contributed by atoms with Crippen LogP contribution in [0.2, 0.25) is 0 Å². The first-order chi connectivity index (χ1) is 7.31. The second kappa shape index (κ2) is 4.66. The fourth-order valence-electron chi connectivity index (χ4n) is 1.99. The number of aromatic amines is 1. The molecule has 0 amide bonds. The van der Waals surface area contributed by atoms with Crippen molar-refractivity contribution >= 4 is 5.95 Å². The highest BCUT2D eigenvalue weighted by Gasteiger charge is 2.14. The molecule has 1 aromatic heterocycles. The molecule has 1 aromatic rings. The van der Waals surface area contributed by atoms with E-state index in [0.29, 0.717) is 0 Å². The van der Waals surface area contributed by atoms with Crippen molar-refractivity contribution in [2.45, 2.75) is 26.7 Å². The Kier molecular flexibility index (Phi) is 3.26. The number of nitrogens with one attached hydrogen (secondary N) is 2. The molecule has 0 aliphatic carbocycles. The van der Waals surface area contributed by atoms with Crippen LogP contribution < -0.4 is 10.2 Å². The molecule has 15 heavy (non-hydrogen) atoms. The second-order valence-electron chi connectivity index (χ2n) is 4.12. The first-order valence-electron chi connectivity index (χ1n) is 5.82. The summed E-state index contributed by atoms with van der Waals surface area (Å²) in [6, 6.07) is 0. The van der Waals surface area contributed by atoms with E-state index >= 15 is 0 Å². The van der Waals surface area contributed by atoms with E-state index in [1.807, 2.05) is 0 Å². The van der Waals surface area contributed by atoms with Gasteiger partial charge in [0.1, 0.15) is 0 Å². The second-order valence-corrected chi connectivity index (χ2v) is 4.12. The summed E-state index contributed by atoms with van der Waals surface area (Å²) in [5, 5.41) is 3.35. The predicted octanol–water partition coefficient (Wildman–Crippen LogP) is 1.08. The van der Waals surface area contributed by atoms with E-state index in [0.717, 1.165) is 45.0 Å². The van der Waals surface area contributed by atoms with E-state index in [1.165, 1.54) is 11.4 Å². The SMILES string of the molecule is CCCc1nc(N2CCNCC2)[nH]c1C. The number of imidazole rings is 1.